The van der Waals surface area contributed by atoms with Crippen LogP contribution in [0.2, 0.25) is 0 Å². The van der Waals surface area contributed by atoms with Crippen molar-refractivity contribution in [1.29, 1.82) is 0 Å². The van der Waals surface area contributed by atoms with Crippen LogP contribution in [0.25, 0.3) is 0 Å². The molecule has 1 aromatic rings. The molecule has 20 heavy (non-hydrogen) atoms. The van der Waals surface area contributed by atoms with Crippen molar-refractivity contribution in [3.8, 4) is 0 Å². The van der Waals surface area contributed by atoms with Gasteiger partial charge in [-0.2, -0.15) is 0 Å². The lowest BCUT2D eigenvalue weighted by Crippen LogP contribution is -2.33. The van der Waals surface area contributed by atoms with E-state index in [4.69, 9.17) is 4.74 Å². The minimum absolute atomic E-state index is 0.0122. The number of hydrogen-bond acceptors (Lipinski definition) is 5. The Morgan fingerprint density at radius 1 is 1.30 bits per heavy atom. The molecule has 0 aliphatic carbocycles. The first kappa shape index (κ1) is 13.8. The lowest BCUT2D eigenvalue weighted by atomic mass is 10.2. The summed E-state index contributed by atoms with van der Waals surface area (Å²) in [5, 5.41) is 12.8. The summed E-state index contributed by atoms with van der Waals surface area (Å²) in [7, 11) is 0. The second kappa shape index (κ2) is 6.00. The second-order valence-electron chi connectivity index (χ2n) is 4.23. The third kappa shape index (κ3) is 3.94. The standard InChI is InChI=1S/C12H13N3O5/c16-11(14-5-6-14)7-13-12(17)20-8-9-1-3-10(4-2-9)15(18)19/h1-4H,5-8H2,(H,13,17). The summed E-state index contributed by atoms with van der Waals surface area (Å²) in [5.74, 6) is -0.141. The van der Waals surface area contributed by atoms with Crippen molar-refractivity contribution < 1.29 is 19.2 Å². The van der Waals surface area contributed by atoms with Crippen LogP contribution >= 0.6 is 0 Å². The van der Waals surface area contributed by atoms with Crippen LogP contribution in [0.1, 0.15) is 5.56 Å². The van der Waals surface area contributed by atoms with E-state index in [0.717, 1.165) is 13.1 Å². The molecule has 8 nitrogen and oxygen atoms in total. The molecule has 1 aliphatic heterocycles. The third-order valence-corrected chi connectivity index (χ3v) is 2.70. The van der Waals surface area contributed by atoms with E-state index in [-0.39, 0.29) is 24.7 Å². The molecular weight excluding hydrogens is 266 g/mol. The number of nitro benzene ring substituents is 1. The van der Waals surface area contributed by atoms with E-state index < -0.39 is 11.0 Å². The number of amides is 2. The van der Waals surface area contributed by atoms with Crippen molar-refractivity contribution in [2.24, 2.45) is 0 Å². The van der Waals surface area contributed by atoms with Crippen LogP contribution in [0.4, 0.5) is 10.5 Å². The highest BCUT2D eigenvalue weighted by atomic mass is 16.6. The van der Waals surface area contributed by atoms with E-state index in [2.05, 4.69) is 5.32 Å². The van der Waals surface area contributed by atoms with Gasteiger partial charge >= 0.3 is 6.09 Å². The molecule has 0 unspecified atom stereocenters. The lowest BCUT2D eigenvalue weighted by Gasteiger charge is -2.06. The van der Waals surface area contributed by atoms with Crippen LogP contribution < -0.4 is 5.32 Å². The molecule has 0 radical (unpaired) electrons. The maximum absolute atomic E-state index is 11.3. The van der Waals surface area contributed by atoms with Gasteiger partial charge in [0, 0.05) is 25.2 Å². The van der Waals surface area contributed by atoms with Gasteiger partial charge in [-0.05, 0) is 17.7 Å². The summed E-state index contributed by atoms with van der Waals surface area (Å²) in [6, 6.07) is 5.68. The number of nitrogens with one attached hydrogen (secondary N) is 1. The molecule has 1 fully saturated rings. The predicted molar refractivity (Wildman–Crippen MR) is 67.9 cm³/mol. The van der Waals surface area contributed by atoms with Gasteiger partial charge in [-0.3, -0.25) is 14.9 Å². The molecule has 2 rings (SSSR count). The maximum Gasteiger partial charge on any atom is 0.407 e. The number of carbonyl (C=O) groups is 2. The molecule has 1 aliphatic rings. The molecule has 0 spiro atoms. The normalized spacial score (nSPS) is 12.7. The fraction of sp³-hybridized carbons (Fsp3) is 0.333. The summed E-state index contributed by atoms with van der Waals surface area (Å²) in [4.78, 5) is 34.2. The Kier molecular flexibility index (Phi) is 4.14. The molecule has 1 saturated heterocycles. The Balaban J connectivity index is 1.72. The van der Waals surface area contributed by atoms with Gasteiger partial charge in [0.15, 0.2) is 0 Å². The molecule has 0 aromatic heterocycles. The molecule has 2 amide bonds. The molecule has 0 atom stereocenters. The Morgan fingerprint density at radius 2 is 1.95 bits per heavy atom. The number of ether oxygens (including phenoxy) is 1. The summed E-state index contributed by atoms with van der Waals surface area (Å²) in [5.41, 5.74) is 0.602. The number of non-ortho nitro benzene ring substituents is 1. The van der Waals surface area contributed by atoms with Crippen molar-refractivity contribution in [1.82, 2.24) is 10.2 Å². The molecule has 106 valence electrons. The first-order valence-corrected chi connectivity index (χ1v) is 5.98. The number of carbonyl (C=O) groups excluding carboxylic acids is 2. The average Bonchev–Trinajstić information content (AvgIpc) is 3.27. The minimum Gasteiger partial charge on any atom is -0.445 e. The molecule has 1 N–H and O–H groups in total. The Labute approximate surface area is 114 Å². The van der Waals surface area contributed by atoms with E-state index in [1.807, 2.05) is 0 Å². The van der Waals surface area contributed by atoms with E-state index >= 15 is 0 Å². The number of benzene rings is 1. The summed E-state index contributed by atoms with van der Waals surface area (Å²) in [6.07, 6.45) is -0.696. The first-order chi connectivity index (χ1) is 9.56. The van der Waals surface area contributed by atoms with Crippen molar-refractivity contribution in [3.05, 3.63) is 39.9 Å². The highest BCUT2D eigenvalue weighted by molar-refractivity contribution is 5.83. The molecule has 1 aromatic carbocycles. The summed E-state index contributed by atoms with van der Waals surface area (Å²) >= 11 is 0. The molecule has 8 heteroatoms. The lowest BCUT2D eigenvalue weighted by molar-refractivity contribution is -0.384. The van der Waals surface area contributed by atoms with Crippen LogP contribution in [0.5, 0.6) is 0 Å². The molecule has 0 saturated carbocycles. The first-order valence-electron chi connectivity index (χ1n) is 5.98. The number of hydrogen-bond donors (Lipinski definition) is 1. The zero-order chi connectivity index (χ0) is 14.5. The highest BCUT2D eigenvalue weighted by Gasteiger charge is 2.23. The van der Waals surface area contributed by atoms with Gasteiger partial charge in [-0.15, -0.1) is 0 Å². The maximum atomic E-state index is 11.3. The average molecular weight is 279 g/mol. The van der Waals surface area contributed by atoms with Gasteiger partial charge in [-0.25, -0.2) is 4.79 Å². The van der Waals surface area contributed by atoms with E-state index in [9.17, 15) is 19.7 Å². The zero-order valence-electron chi connectivity index (χ0n) is 10.6. The van der Waals surface area contributed by atoms with Gasteiger partial charge < -0.3 is 15.0 Å². The SMILES string of the molecule is O=C(NCC(=O)N1CC1)OCc1ccc([N+](=O)[O-])cc1. The number of nitro groups is 1. The second-order valence-corrected chi connectivity index (χ2v) is 4.23. The van der Waals surface area contributed by atoms with Crippen LogP contribution in [0.15, 0.2) is 24.3 Å². The number of nitrogens with zero attached hydrogens (tertiary/aromatic N) is 2. The minimum atomic E-state index is -0.696. The smallest absolute Gasteiger partial charge is 0.407 e. The van der Waals surface area contributed by atoms with Crippen LogP contribution in [0.3, 0.4) is 0 Å². The van der Waals surface area contributed by atoms with Gasteiger partial charge in [0.05, 0.1) is 4.92 Å². The Bertz CT molecular complexity index is 524. The fourth-order valence-electron chi connectivity index (χ4n) is 1.47. The van der Waals surface area contributed by atoms with Gasteiger partial charge in [0.2, 0.25) is 5.91 Å². The molecular formula is C12H13N3O5. The van der Waals surface area contributed by atoms with Gasteiger partial charge in [0.1, 0.15) is 13.2 Å². The van der Waals surface area contributed by atoms with E-state index in [1.54, 1.807) is 4.90 Å². The summed E-state index contributed by atoms with van der Waals surface area (Å²) in [6.45, 7) is 1.37. The summed E-state index contributed by atoms with van der Waals surface area (Å²) < 4.78 is 4.89. The van der Waals surface area contributed by atoms with Crippen molar-refractivity contribution in [3.63, 3.8) is 0 Å². The van der Waals surface area contributed by atoms with Crippen molar-refractivity contribution >= 4 is 17.7 Å². The van der Waals surface area contributed by atoms with E-state index in [1.165, 1.54) is 24.3 Å². The van der Waals surface area contributed by atoms with Gasteiger partial charge in [-0.1, -0.05) is 0 Å². The van der Waals surface area contributed by atoms with E-state index in [0.29, 0.717) is 5.56 Å². The zero-order valence-corrected chi connectivity index (χ0v) is 10.6. The molecule has 1 heterocycles. The largest absolute Gasteiger partial charge is 0.445 e. The Morgan fingerprint density at radius 3 is 2.50 bits per heavy atom. The highest BCUT2D eigenvalue weighted by Crippen LogP contribution is 2.12. The Hall–Kier alpha value is -2.64. The number of rotatable bonds is 5. The predicted octanol–water partition coefficient (Wildman–Crippen LogP) is 0.663. The van der Waals surface area contributed by atoms with Crippen LogP contribution in [-0.4, -0.2) is 41.5 Å². The van der Waals surface area contributed by atoms with Gasteiger partial charge in [0.25, 0.3) is 5.69 Å². The topological polar surface area (TPSA) is 102 Å². The monoisotopic (exact) mass is 279 g/mol. The fourth-order valence-corrected chi connectivity index (χ4v) is 1.47. The van der Waals surface area contributed by atoms with Crippen molar-refractivity contribution in [2.75, 3.05) is 19.6 Å². The van der Waals surface area contributed by atoms with Crippen LogP contribution in [-0.2, 0) is 16.1 Å². The quantitative estimate of drug-likeness (QED) is 0.484. The van der Waals surface area contributed by atoms with Crippen molar-refractivity contribution in [2.45, 2.75) is 6.61 Å². The third-order valence-electron chi connectivity index (χ3n) is 2.70. The van der Waals surface area contributed by atoms with Crippen LogP contribution in [0, 0.1) is 10.1 Å². The number of alkyl carbamates (subject to hydrolysis) is 1. The molecule has 0 bridgehead atoms.